The Hall–Kier alpha value is -1.04. The van der Waals surface area contributed by atoms with E-state index in [0.29, 0.717) is 0 Å². The molecule has 1 unspecified atom stereocenters. The molecule has 86 valence electrons. The first-order chi connectivity index (χ1) is 7.70. The zero-order chi connectivity index (χ0) is 12.0. The molecule has 0 fully saturated rings. The van der Waals surface area contributed by atoms with Crippen molar-refractivity contribution in [1.82, 2.24) is 5.32 Å². The van der Waals surface area contributed by atoms with Crippen LogP contribution in [-0.2, 0) is 0 Å². The Kier molecular flexibility index (Phi) is 5.31. The average Bonchev–Trinajstić information content (AvgIpc) is 2.29. The third kappa shape index (κ3) is 3.23. The molecule has 3 heteroatoms. The first-order valence-electron chi connectivity index (χ1n) is 5.25. The van der Waals surface area contributed by atoms with E-state index in [1.807, 2.05) is 13.1 Å². The normalized spacial score (nSPS) is 12.1. The van der Waals surface area contributed by atoms with Crippen LogP contribution in [0.1, 0.15) is 30.9 Å². The predicted molar refractivity (Wildman–Crippen MR) is 65.9 cm³/mol. The third-order valence-corrected chi connectivity index (χ3v) is 2.92. The summed E-state index contributed by atoms with van der Waals surface area (Å²) in [6.07, 6.45) is 7.67. The zero-order valence-electron chi connectivity index (χ0n) is 9.26. The van der Waals surface area contributed by atoms with Crippen LogP contribution in [0, 0.1) is 18.2 Å². The molecule has 1 nitrogen and oxygen atoms in total. The van der Waals surface area contributed by atoms with E-state index in [1.54, 1.807) is 6.07 Å². The number of benzene rings is 1. The van der Waals surface area contributed by atoms with Crippen LogP contribution in [0.2, 0.25) is 5.02 Å². The molecule has 0 aromatic heterocycles. The van der Waals surface area contributed by atoms with Crippen LogP contribution < -0.4 is 5.32 Å². The van der Waals surface area contributed by atoms with Gasteiger partial charge in [0.2, 0.25) is 0 Å². The van der Waals surface area contributed by atoms with Gasteiger partial charge in [-0.2, -0.15) is 0 Å². The van der Waals surface area contributed by atoms with Crippen LogP contribution in [-0.4, -0.2) is 7.05 Å². The summed E-state index contributed by atoms with van der Waals surface area (Å²) in [6, 6.07) is 4.92. The molecule has 0 radical (unpaired) electrons. The van der Waals surface area contributed by atoms with Gasteiger partial charge >= 0.3 is 0 Å². The Morgan fingerprint density at radius 2 is 2.31 bits per heavy atom. The fourth-order valence-corrected chi connectivity index (χ4v) is 1.91. The van der Waals surface area contributed by atoms with E-state index >= 15 is 0 Å². The minimum atomic E-state index is -0.378. The van der Waals surface area contributed by atoms with Gasteiger partial charge < -0.3 is 5.32 Å². The van der Waals surface area contributed by atoms with Crippen LogP contribution in [0.25, 0.3) is 0 Å². The summed E-state index contributed by atoms with van der Waals surface area (Å²) in [7, 11) is 1.84. The zero-order valence-corrected chi connectivity index (χ0v) is 10.0. The number of unbranched alkanes of at least 4 members (excludes halogenated alkanes) is 1. The van der Waals surface area contributed by atoms with Gasteiger partial charge in [0.25, 0.3) is 0 Å². The van der Waals surface area contributed by atoms with Gasteiger partial charge in [0.05, 0.1) is 5.02 Å². The Morgan fingerprint density at radius 1 is 1.56 bits per heavy atom. The molecule has 1 aromatic carbocycles. The van der Waals surface area contributed by atoms with Crippen molar-refractivity contribution in [3.8, 4) is 12.3 Å². The molecule has 1 N–H and O–H groups in total. The van der Waals surface area contributed by atoms with Crippen molar-refractivity contribution in [3.05, 3.63) is 34.6 Å². The number of halogens is 2. The number of terminal acetylenes is 1. The minimum absolute atomic E-state index is 0.0524. The summed E-state index contributed by atoms with van der Waals surface area (Å²) in [5.41, 5.74) is 0.793. The van der Waals surface area contributed by atoms with Gasteiger partial charge in [-0.05, 0) is 31.5 Å². The maximum absolute atomic E-state index is 13.3. The number of hydrogen-bond acceptors (Lipinski definition) is 1. The van der Waals surface area contributed by atoms with Gasteiger partial charge in [0.1, 0.15) is 5.82 Å². The van der Waals surface area contributed by atoms with E-state index < -0.39 is 0 Å². The van der Waals surface area contributed by atoms with E-state index in [9.17, 15) is 4.39 Å². The van der Waals surface area contributed by atoms with Gasteiger partial charge in [0, 0.05) is 12.5 Å². The van der Waals surface area contributed by atoms with Crippen molar-refractivity contribution >= 4 is 11.6 Å². The molecule has 0 aliphatic carbocycles. The van der Waals surface area contributed by atoms with Gasteiger partial charge in [-0.25, -0.2) is 4.39 Å². The SMILES string of the molecule is C#CCCCC(NC)c1cccc(F)c1Cl. The summed E-state index contributed by atoms with van der Waals surface area (Å²) < 4.78 is 13.3. The lowest BCUT2D eigenvalue weighted by molar-refractivity contribution is 0.527. The highest BCUT2D eigenvalue weighted by atomic mass is 35.5. The molecule has 1 rings (SSSR count). The van der Waals surface area contributed by atoms with E-state index in [0.717, 1.165) is 24.8 Å². The summed E-state index contributed by atoms with van der Waals surface area (Å²) in [5.74, 6) is 2.21. The van der Waals surface area contributed by atoms with E-state index in [2.05, 4.69) is 11.2 Å². The molecule has 0 aliphatic rings. The average molecular weight is 240 g/mol. The number of rotatable bonds is 5. The molecule has 1 aromatic rings. The molecule has 0 bridgehead atoms. The fraction of sp³-hybridized carbons (Fsp3) is 0.385. The molecule has 0 saturated heterocycles. The van der Waals surface area contributed by atoms with Gasteiger partial charge in [-0.1, -0.05) is 23.7 Å². The number of nitrogens with one attached hydrogen (secondary N) is 1. The number of hydrogen-bond donors (Lipinski definition) is 1. The van der Waals surface area contributed by atoms with Crippen LogP contribution >= 0.6 is 11.6 Å². The molecule has 0 heterocycles. The first-order valence-corrected chi connectivity index (χ1v) is 5.63. The summed E-state index contributed by atoms with van der Waals surface area (Å²) in [6.45, 7) is 0. The summed E-state index contributed by atoms with van der Waals surface area (Å²) in [4.78, 5) is 0. The quantitative estimate of drug-likeness (QED) is 0.612. The van der Waals surface area contributed by atoms with Gasteiger partial charge in [0.15, 0.2) is 0 Å². The lowest BCUT2D eigenvalue weighted by atomic mass is 10.0. The maximum Gasteiger partial charge on any atom is 0.142 e. The van der Waals surface area contributed by atoms with E-state index in [-0.39, 0.29) is 16.9 Å². The van der Waals surface area contributed by atoms with Crippen molar-refractivity contribution in [2.45, 2.75) is 25.3 Å². The predicted octanol–water partition coefficient (Wildman–Crippen LogP) is 3.54. The third-order valence-electron chi connectivity index (χ3n) is 2.52. The topological polar surface area (TPSA) is 12.0 Å². The molecular weight excluding hydrogens is 225 g/mol. The molecule has 16 heavy (non-hydrogen) atoms. The van der Waals surface area contributed by atoms with Crippen LogP contribution in [0.4, 0.5) is 4.39 Å². The molecule has 0 saturated carbocycles. The fourth-order valence-electron chi connectivity index (χ4n) is 1.65. The summed E-state index contributed by atoms with van der Waals surface area (Å²) >= 11 is 5.92. The molecule has 0 spiro atoms. The van der Waals surface area contributed by atoms with Crippen LogP contribution in [0.15, 0.2) is 18.2 Å². The summed E-state index contributed by atoms with van der Waals surface area (Å²) in [5, 5.41) is 3.32. The highest BCUT2D eigenvalue weighted by molar-refractivity contribution is 6.31. The second-order valence-corrected chi connectivity index (χ2v) is 3.96. The second-order valence-electron chi connectivity index (χ2n) is 3.58. The first kappa shape index (κ1) is 13.0. The van der Waals surface area contributed by atoms with Crippen molar-refractivity contribution in [3.63, 3.8) is 0 Å². The largest absolute Gasteiger partial charge is 0.313 e. The van der Waals surface area contributed by atoms with Crippen molar-refractivity contribution in [1.29, 1.82) is 0 Å². The minimum Gasteiger partial charge on any atom is -0.313 e. The molecule has 0 amide bonds. The highest BCUT2D eigenvalue weighted by Gasteiger charge is 2.14. The standard InChI is InChI=1S/C13H15ClFN/c1-3-4-5-9-12(16-2)10-7-6-8-11(15)13(10)14/h1,6-8,12,16H,4-5,9H2,2H3. The lowest BCUT2D eigenvalue weighted by Gasteiger charge is -2.17. The smallest absolute Gasteiger partial charge is 0.142 e. The molecular formula is C13H15ClFN. The van der Waals surface area contributed by atoms with Gasteiger partial charge in [-0.15, -0.1) is 12.3 Å². The molecule has 1 atom stereocenters. The van der Waals surface area contributed by atoms with Crippen molar-refractivity contribution in [2.24, 2.45) is 0 Å². The Balaban J connectivity index is 2.79. The molecule has 0 aliphatic heterocycles. The second kappa shape index (κ2) is 6.52. The lowest BCUT2D eigenvalue weighted by Crippen LogP contribution is -2.17. The van der Waals surface area contributed by atoms with Crippen molar-refractivity contribution in [2.75, 3.05) is 7.05 Å². The van der Waals surface area contributed by atoms with Crippen LogP contribution in [0.5, 0.6) is 0 Å². The Bertz CT molecular complexity index is 384. The Labute approximate surface area is 101 Å². The maximum atomic E-state index is 13.3. The monoisotopic (exact) mass is 239 g/mol. The van der Waals surface area contributed by atoms with E-state index in [4.69, 9.17) is 18.0 Å². The van der Waals surface area contributed by atoms with Crippen molar-refractivity contribution < 1.29 is 4.39 Å². The highest BCUT2D eigenvalue weighted by Crippen LogP contribution is 2.28. The van der Waals surface area contributed by atoms with E-state index in [1.165, 1.54) is 6.07 Å². The Morgan fingerprint density at radius 3 is 2.94 bits per heavy atom. The van der Waals surface area contributed by atoms with Crippen LogP contribution in [0.3, 0.4) is 0 Å². The van der Waals surface area contributed by atoms with Gasteiger partial charge in [-0.3, -0.25) is 0 Å².